The summed E-state index contributed by atoms with van der Waals surface area (Å²) in [5.41, 5.74) is 12.5. The number of nitrogens with zero attached hydrogens (tertiary/aromatic N) is 1. The Bertz CT molecular complexity index is 757. The molecular weight excluding hydrogens is 272 g/mol. The molecule has 1 aromatic heterocycles. The minimum absolute atomic E-state index is 0.0278. The zero-order valence-electron chi connectivity index (χ0n) is 14.4. The fourth-order valence-corrected chi connectivity index (χ4v) is 3.27. The van der Waals surface area contributed by atoms with Crippen LogP contribution in [0.5, 0.6) is 0 Å². The van der Waals surface area contributed by atoms with Gasteiger partial charge in [0.2, 0.25) is 0 Å². The topological polar surface area (TPSA) is 48.0 Å². The average Bonchev–Trinajstić information content (AvgIpc) is 2.36. The highest BCUT2D eigenvalue weighted by molar-refractivity contribution is 5.41. The Hall–Kier alpha value is -1.87. The van der Waals surface area contributed by atoms with Crippen LogP contribution in [0.1, 0.15) is 59.4 Å². The van der Waals surface area contributed by atoms with Crippen molar-refractivity contribution in [1.29, 1.82) is 0 Å². The van der Waals surface area contributed by atoms with Crippen molar-refractivity contribution in [3.8, 4) is 0 Å². The molecule has 2 rings (SSSR count). The summed E-state index contributed by atoms with van der Waals surface area (Å²) < 4.78 is 1.83. The smallest absolute Gasteiger partial charge is 0.256 e. The molecule has 1 heterocycles. The Morgan fingerprint density at radius 1 is 1.00 bits per heavy atom. The highest BCUT2D eigenvalue weighted by Gasteiger charge is 2.20. The van der Waals surface area contributed by atoms with Gasteiger partial charge >= 0.3 is 0 Å². The predicted molar refractivity (Wildman–Crippen MR) is 92.5 cm³/mol. The maximum atomic E-state index is 12.9. The minimum atomic E-state index is -0.390. The lowest BCUT2D eigenvalue weighted by molar-refractivity contribution is 0.553. The summed E-state index contributed by atoms with van der Waals surface area (Å²) >= 11 is 0. The molecule has 0 amide bonds. The largest absolute Gasteiger partial charge is 0.320 e. The van der Waals surface area contributed by atoms with Crippen molar-refractivity contribution in [3.05, 3.63) is 68.1 Å². The summed E-state index contributed by atoms with van der Waals surface area (Å²) in [5, 5.41) is 0. The molecular formula is C19H26N2O. The van der Waals surface area contributed by atoms with Gasteiger partial charge in [-0.2, -0.15) is 0 Å². The van der Waals surface area contributed by atoms with Gasteiger partial charge in [-0.15, -0.1) is 0 Å². The van der Waals surface area contributed by atoms with Crippen LogP contribution in [0.2, 0.25) is 0 Å². The van der Waals surface area contributed by atoms with E-state index in [0.717, 1.165) is 22.4 Å². The molecule has 0 saturated carbocycles. The normalized spacial score (nSPS) is 12.7. The van der Waals surface area contributed by atoms with Gasteiger partial charge in [-0.25, -0.2) is 0 Å². The van der Waals surface area contributed by atoms with Crippen molar-refractivity contribution >= 4 is 0 Å². The Morgan fingerprint density at radius 2 is 1.64 bits per heavy atom. The fourth-order valence-electron chi connectivity index (χ4n) is 3.27. The van der Waals surface area contributed by atoms with Gasteiger partial charge in [-0.1, -0.05) is 23.8 Å². The summed E-state index contributed by atoms with van der Waals surface area (Å²) in [7, 11) is 0. The van der Waals surface area contributed by atoms with Crippen LogP contribution in [0.15, 0.2) is 29.1 Å². The van der Waals surface area contributed by atoms with Crippen molar-refractivity contribution in [1.82, 2.24) is 4.57 Å². The molecule has 0 aliphatic heterocycles. The molecule has 118 valence electrons. The molecule has 1 aromatic carbocycles. The van der Waals surface area contributed by atoms with Gasteiger partial charge in [-0.05, 0) is 64.3 Å². The van der Waals surface area contributed by atoms with Crippen LogP contribution in [0.3, 0.4) is 0 Å². The highest BCUT2D eigenvalue weighted by atomic mass is 16.1. The van der Waals surface area contributed by atoms with Crippen LogP contribution in [0.4, 0.5) is 0 Å². The second-order valence-electron chi connectivity index (χ2n) is 6.49. The van der Waals surface area contributed by atoms with E-state index in [9.17, 15) is 4.79 Å². The first kappa shape index (κ1) is 16.5. The molecule has 2 aromatic rings. The third-order valence-electron chi connectivity index (χ3n) is 4.27. The van der Waals surface area contributed by atoms with Crippen LogP contribution in [0.25, 0.3) is 0 Å². The fraction of sp³-hybridized carbons (Fsp3) is 0.421. The Labute approximate surface area is 132 Å². The number of nitrogens with two attached hydrogens (primary N) is 1. The average molecular weight is 298 g/mol. The molecule has 1 unspecified atom stereocenters. The third kappa shape index (κ3) is 2.86. The zero-order valence-corrected chi connectivity index (χ0v) is 14.4. The van der Waals surface area contributed by atoms with E-state index in [1.807, 2.05) is 51.3 Å². The van der Waals surface area contributed by atoms with E-state index in [2.05, 4.69) is 19.1 Å². The second-order valence-corrected chi connectivity index (χ2v) is 6.49. The van der Waals surface area contributed by atoms with Crippen molar-refractivity contribution in [2.24, 2.45) is 5.73 Å². The standard InChI is InChI=1S/C19H26N2O/c1-11(2)21-15(6)10-14(5)17(19(21)22)18(20)16-8-7-12(3)9-13(16)4/h7-11,18H,20H2,1-6H3. The van der Waals surface area contributed by atoms with Gasteiger partial charge < -0.3 is 10.3 Å². The quantitative estimate of drug-likeness (QED) is 0.939. The molecule has 3 nitrogen and oxygen atoms in total. The highest BCUT2D eigenvalue weighted by Crippen LogP contribution is 2.24. The molecule has 0 aliphatic rings. The SMILES string of the molecule is Cc1ccc(C(N)c2c(C)cc(C)n(C(C)C)c2=O)c(C)c1. The molecule has 3 heteroatoms. The second kappa shape index (κ2) is 6.09. The summed E-state index contributed by atoms with van der Waals surface area (Å²) in [6.45, 7) is 12.1. The molecule has 0 bridgehead atoms. The summed E-state index contributed by atoms with van der Waals surface area (Å²) in [4.78, 5) is 12.9. The Morgan fingerprint density at radius 3 is 2.18 bits per heavy atom. The molecule has 0 radical (unpaired) electrons. The van der Waals surface area contributed by atoms with Crippen LogP contribution in [-0.4, -0.2) is 4.57 Å². The van der Waals surface area contributed by atoms with Crippen molar-refractivity contribution in [2.45, 2.75) is 53.6 Å². The number of hydrogen-bond acceptors (Lipinski definition) is 2. The zero-order chi connectivity index (χ0) is 16.6. The van der Waals surface area contributed by atoms with E-state index in [0.29, 0.717) is 5.56 Å². The maximum absolute atomic E-state index is 12.9. The number of aryl methyl sites for hydroxylation is 4. The summed E-state index contributed by atoms with van der Waals surface area (Å²) in [5.74, 6) is 0. The van der Waals surface area contributed by atoms with E-state index in [4.69, 9.17) is 5.73 Å². The molecule has 0 fully saturated rings. The van der Waals surface area contributed by atoms with E-state index in [1.54, 1.807) is 0 Å². The van der Waals surface area contributed by atoms with Gasteiger partial charge in [0.1, 0.15) is 0 Å². The lowest BCUT2D eigenvalue weighted by atomic mass is 9.92. The molecule has 22 heavy (non-hydrogen) atoms. The van der Waals surface area contributed by atoms with Gasteiger partial charge in [-0.3, -0.25) is 4.79 Å². The number of hydrogen-bond donors (Lipinski definition) is 1. The number of benzene rings is 1. The van der Waals surface area contributed by atoms with E-state index < -0.39 is 6.04 Å². The van der Waals surface area contributed by atoms with Crippen LogP contribution in [-0.2, 0) is 0 Å². The van der Waals surface area contributed by atoms with Crippen LogP contribution >= 0.6 is 0 Å². The predicted octanol–water partition coefficient (Wildman–Crippen LogP) is 3.71. The van der Waals surface area contributed by atoms with Crippen LogP contribution in [0, 0.1) is 27.7 Å². The monoisotopic (exact) mass is 298 g/mol. The van der Waals surface area contributed by atoms with Crippen molar-refractivity contribution in [2.75, 3.05) is 0 Å². The first-order valence-electron chi connectivity index (χ1n) is 7.79. The van der Waals surface area contributed by atoms with E-state index in [1.165, 1.54) is 5.56 Å². The molecule has 1 atom stereocenters. The first-order chi connectivity index (χ1) is 10.2. The van der Waals surface area contributed by atoms with E-state index >= 15 is 0 Å². The Kier molecular flexibility index (Phi) is 4.57. The van der Waals surface area contributed by atoms with Gasteiger partial charge in [0, 0.05) is 17.3 Å². The lowest BCUT2D eigenvalue weighted by Gasteiger charge is -2.22. The number of rotatable bonds is 3. The number of pyridine rings is 1. The van der Waals surface area contributed by atoms with Gasteiger partial charge in [0.15, 0.2) is 0 Å². The number of aromatic nitrogens is 1. The molecule has 0 spiro atoms. The maximum Gasteiger partial charge on any atom is 0.256 e. The van der Waals surface area contributed by atoms with Crippen LogP contribution < -0.4 is 11.3 Å². The Balaban J connectivity index is 2.66. The lowest BCUT2D eigenvalue weighted by Crippen LogP contribution is -2.32. The van der Waals surface area contributed by atoms with Gasteiger partial charge in [0.05, 0.1) is 6.04 Å². The van der Waals surface area contributed by atoms with Crippen molar-refractivity contribution in [3.63, 3.8) is 0 Å². The minimum Gasteiger partial charge on any atom is -0.320 e. The first-order valence-corrected chi connectivity index (χ1v) is 7.79. The molecule has 0 aliphatic carbocycles. The molecule has 2 N–H and O–H groups in total. The van der Waals surface area contributed by atoms with E-state index in [-0.39, 0.29) is 11.6 Å². The molecule has 0 saturated heterocycles. The van der Waals surface area contributed by atoms with Crippen molar-refractivity contribution < 1.29 is 0 Å². The summed E-state index contributed by atoms with van der Waals surface area (Å²) in [6, 6.07) is 7.98. The van der Waals surface area contributed by atoms with Gasteiger partial charge in [0.25, 0.3) is 5.56 Å². The third-order valence-corrected chi connectivity index (χ3v) is 4.27. The summed E-state index contributed by atoms with van der Waals surface area (Å²) in [6.07, 6.45) is 0.